The van der Waals surface area contributed by atoms with Crippen molar-refractivity contribution >= 4 is 17.3 Å². The summed E-state index contributed by atoms with van der Waals surface area (Å²) in [5.74, 6) is 0.851. The Morgan fingerprint density at radius 1 is 1.15 bits per heavy atom. The molecular formula is C17H26N2O. The fourth-order valence-electron chi connectivity index (χ4n) is 2.91. The van der Waals surface area contributed by atoms with E-state index in [-0.39, 0.29) is 5.91 Å². The first-order valence-corrected chi connectivity index (χ1v) is 7.85. The van der Waals surface area contributed by atoms with Gasteiger partial charge in [-0.1, -0.05) is 26.2 Å². The maximum atomic E-state index is 11.3. The summed E-state index contributed by atoms with van der Waals surface area (Å²) in [5.41, 5.74) is 2.00. The Labute approximate surface area is 122 Å². The lowest BCUT2D eigenvalue weighted by atomic mass is 9.84. The molecular weight excluding hydrogens is 248 g/mol. The molecule has 1 amide bonds. The SMILES string of the molecule is CCC(=O)Nc1ccc(NC(C)C2CCCCC2)cc1. The van der Waals surface area contributed by atoms with E-state index >= 15 is 0 Å². The lowest BCUT2D eigenvalue weighted by Crippen LogP contribution is -2.27. The van der Waals surface area contributed by atoms with Crippen molar-refractivity contribution in [2.24, 2.45) is 5.92 Å². The first-order valence-electron chi connectivity index (χ1n) is 7.85. The molecule has 1 aromatic carbocycles. The van der Waals surface area contributed by atoms with Gasteiger partial charge in [0.25, 0.3) is 0 Å². The first kappa shape index (κ1) is 14.9. The molecule has 1 aliphatic rings. The van der Waals surface area contributed by atoms with Gasteiger partial charge in [-0.05, 0) is 49.9 Å². The van der Waals surface area contributed by atoms with Gasteiger partial charge in [0.2, 0.25) is 5.91 Å². The number of carbonyl (C=O) groups is 1. The van der Waals surface area contributed by atoms with Gasteiger partial charge in [-0.3, -0.25) is 4.79 Å². The molecule has 0 spiro atoms. The molecule has 1 aromatic rings. The molecule has 0 saturated heterocycles. The molecule has 1 aliphatic carbocycles. The normalized spacial score (nSPS) is 17.5. The highest BCUT2D eigenvalue weighted by Crippen LogP contribution is 2.28. The van der Waals surface area contributed by atoms with Crippen LogP contribution in [-0.2, 0) is 4.79 Å². The molecule has 0 aliphatic heterocycles. The zero-order valence-corrected chi connectivity index (χ0v) is 12.6. The van der Waals surface area contributed by atoms with E-state index in [1.54, 1.807) is 0 Å². The molecule has 1 atom stereocenters. The van der Waals surface area contributed by atoms with Crippen LogP contribution in [0.3, 0.4) is 0 Å². The van der Waals surface area contributed by atoms with Crippen LogP contribution in [0.5, 0.6) is 0 Å². The molecule has 2 rings (SSSR count). The van der Waals surface area contributed by atoms with Crippen molar-refractivity contribution in [2.75, 3.05) is 10.6 Å². The third kappa shape index (κ3) is 4.26. The highest BCUT2D eigenvalue weighted by molar-refractivity contribution is 5.90. The molecule has 110 valence electrons. The van der Waals surface area contributed by atoms with Gasteiger partial charge in [0.05, 0.1) is 0 Å². The lowest BCUT2D eigenvalue weighted by molar-refractivity contribution is -0.115. The van der Waals surface area contributed by atoms with Crippen LogP contribution in [0, 0.1) is 5.92 Å². The maximum absolute atomic E-state index is 11.3. The van der Waals surface area contributed by atoms with Gasteiger partial charge in [0.1, 0.15) is 0 Å². The van der Waals surface area contributed by atoms with Crippen LogP contribution in [-0.4, -0.2) is 11.9 Å². The van der Waals surface area contributed by atoms with Crippen molar-refractivity contribution in [1.29, 1.82) is 0 Å². The average molecular weight is 274 g/mol. The molecule has 0 bridgehead atoms. The number of carbonyl (C=O) groups excluding carboxylic acids is 1. The van der Waals surface area contributed by atoms with E-state index in [2.05, 4.69) is 17.6 Å². The smallest absolute Gasteiger partial charge is 0.224 e. The number of rotatable bonds is 5. The second-order valence-corrected chi connectivity index (χ2v) is 5.81. The second-order valence-electron chi connectivity index (χ2n) is 5.81. The number of nitrogens with one attached hydrogen (secondary N) is 2. The quantitative estimate of drug-likeness (QED) is 0.834. The summed E-state index contributed by atoms with van der Waals surface area (Å²) < 4.78 is 0. The topological polar surface area (TPSA) is 41.1 Å². The third-order valence-corrected chi connectivity index (χ3v) is 4.24. The predicted molar refractivity (Wildman–Crippen MR) is 85.0 cm³/mol. The van der Waals surface area contributed by atoms with Gasteiger partial charge in [-0.25, -0.2) is 0 Å². The van der Waals surface area contributed by atoms with Crippen LogP contribution in [0.4, 0.5) is 11.4 Å². The van der Waals surface area contributed by atoms with Gasteiger partial charge in [0.15, 0.2) is 0 Å². The molecule has 1 saturated carbocycles. The number of amides is 1. The molecule has 0 aromatic heterocycles. The molecule has 3 heteroatoms. The minimum absolute atomic E-state index is 0.0567. The number of hydrogen-bond acceptors (Lipinski definition) is 2. The van der Waals surface area contributed by atoms with E-state index in [9.17, 15) is 4.79 Å². The number of benzene rings is 1. The Kier molecular flexibility index (Phi) is 5.45. The van der Waals surface area contributed by atoms with Crippen molar-refractivity contribution in [3.8, 4) is 0 Å². The summed E-state index contributed by atoms with van der Waals surface area (Å²) in [6.45, 7) is 4.14. The minimum Gasteiger partial charge on any atom is -0.382 e. The summed E-state index contributed by atoms with van der Waals surface area (Å²) in [4.78, 5) is 11.3. The molecule has 0 radical (unpaired) electrons. The highest BCUT2D eigenvalue weighted by Gasteiger charge is 2.19. The fourth-order valence-corrected chi connectivity index (χ4v) is 2.91. The molecule has 1 unspecified atom stereocenters. The van der Waals surface area contributed by atoms with E-state index in [0.717, 1.165) is 17.3 Å². The minimum atomic E-state index is 0.0567. The summed E-state index contributed by atoms with van der Waals surface area (Å²) in [6, 6.07) is 8.54. The van der Waals surface area contributed by atoms with Gasteiger partial charge in [0, 0.05) is 23.8 Å². The summed E-state index contributed by atoms with van der Waals surface area (Å²) in [6.07, 6.45) is 7.35. The Balaban J connectivity index is 1.87. The zero-order valence-electron chi connectivity index (χ0n) is 12.6. The summed E-state index contributed by atoms with van der Waals surface area (Å²) >= 11 is 0. The van der Waals surface area contributed by atoms with Crippen molar-refractivity contribution in [3.63, 3.8) is 0 Å². The van der Waals surface area contributed by atoms with Crippen LogP contribution in [0.2, 0.25) is 0 Å². The van der Waals surface area contributed by atoms with Crippen LogP contribution in [0.1, 0.15) is 52.4 Å². The molecule has 20 heavy (non-hydrogen) atoms. The molecule has 0 heterocycles. The van der Waals surface area contributed by atoms with Gasteiger partial charge < -0.3 is 10.6 Å². The van der Waals surface area contributed by atoms with Gasteiger partial charge in [-0.2, -0.15) is 0 Å². The van der Waals surface area contributed by atoms with E-state index in [1.807, 2.05) is 31.2 Å². The van der Waals surface area contributed by atoms with Crippen LogP contribution < -0.4 is 10.6 Å². The van der Waals surface area contributed by atoms with E-state index in [4.69, 9.17) is 0 Å². The van der Waals surface area contributed by atoms with Crippen LogP contribution in [0.15, 0.2) is 24.3 Å². The van der Waals surface area contributed by atoms with E-state index in [1.165, 1.54) is 32.1 Å². The fraction of sp³-hybridized carbons (Fsp3) is 0.588. The van der Waals surface area contributed by atoms with Gasteiger partial charge >= 0.3 is 0 Å². The predicted octanol–water partition coefficient (Wildman–Crippen LogP) is 4.42. The number of hydrogen-bond donors (Lipinski definition) is 2. The Hall–Kier alpha value is -1.51. The van der Waals surface area contributed by atoms with Crippen molar-refractivity contribution < 1.29 is 4.79 Å². The van der Waals surface area contributed by atoms with E-state index in [0.29, 0.717) is 12.5 Å². The van der Waals surface area contributed by atoms with Crippen LogP contribution in [0.25, 0.3) is 0 Å². The molecule has 3 nitrogen and oxygen atoms in total. The standard InChI is InChI=1S/C17H26N2O/c1-3-17(20)19-16-11-9-15(10-12-16)18-13(2)14-7-5-4-6-8-14/h9-14,18H,3-8H2,1-2H3,(H,19,20). The summed E-state index contributed by atoms with van der Waals surface area (Å²) in [7, 11) is 0. The van der Waals surface area contributed by atoms with Gasteiger partial charge in [-0.15, -0.1) is 0 Å². The Morgan fingerprint density at radius 2 is 1.75 bits per heavy atom. The average Bonchev–Trinajstić information content (AvgIpc) is 2.50. The third-order valence-electron chi connectivity index (χ3n) is 4.24. The van der Waals surface area contributed by atoms with Crippen molar-refractivity contribution in [1.82, 2.24) is 0 Å². The maximum Gasteiger partial charge on any atom is 0.224 e. The zero-order chi connectivity index (χ0) is 14.4. The monoisotopic (exact) mass is 274 g/mol. The van der Waals surface area contributed by atoms with Crippen molar-refractivity contribution in [2.45, 2.75) is 58.4 Å². The van der Waals surface area contributed by atoms with Crippen molar-refractivity contribution in [3.05, 3.63) is 24.3 Å². The molecule has 2 N–H and O–H groups in total. The Bertz CT molecular complexity index is 421. The molecule has 1 fully saturated rings. The van der Waals surface area contributed by atoms with Crippen LogP contribution >= 0.6 is 0 Å². The second kappa shape index (κ2) is 7.32. The first-order chi connectivity index (χ1) is 9.69. The Morgan fingerprint density at radius 3 is 2.35 bits per heavy atom. The highest BCUT2D eigenvalue weighted by atomic mass is 16.1. The van der Waals surface area contributed by atoms with E-state index < -0.39 is 0 Å². The largest absolute Gasteiger partial charge is 0.382 e. The lowest BCUT2D eigenvalue weighted by Gasteiger charge is -2.29. The number of anilines is 2. The summed E-state index contributed by atoms with van der Waals surface area (Å²) in [5, 5.41) is 6.46.